The first-order chi connectivity index (χ1) is 13.6. The molecule has 0 aliphatic carbocycles. The number of benzene rings is 2. The highest BCUT2D eigenvalue weighted by Gasteiger charge is 2.12. The number of thiazole rings is 1. The van der Waals surface area contributed by atoms with Crippen molar-refractivity contribution in [1.29, 1.82) is 0 Å². The lowest BCUT2D eigenvalue weighted by Crippen LogP contribution is -2.12. The summed E-state index contributed by atoms with van der Waals surface area (Å²) in [4.78, 5) is 16.9. The van der Waals surface area contributed by atoms with Crippen LogP contribution in [0.25, 0.3) is 10.2 Å². The van der Waals surface area contributed by atoms with Crippen LogP contribution in [0.4, 0.5) is 5.69 Å². The minimum Gasteiger partial charge on any atom is -0.496 e. The quantitative estimate of drug-likeness (QED) is 0.443. The topological polar surface area (TPSA) is 79.9 Å². The maximum atomic E-state index is 12.3. The number of para-hydroxylation sites is 1. The third-order valence-corrected chi connectivity index (χ3v) is 6.32. The summed E-state index contributed by atoms with van der Waals surface area (Å²) >= 11 is 3.28. The summed E-state index contributed by atoms with van der Waals surface area (Å²) in [6, 6.07) is 15.4. The molecule has 0 aliphatic rings. The molecule has 0 fully saturated rings. The normalized spacial score (nSPS) is 10.9. The Morgan fingerprint density at radius 1 is 1.25 bits per heavy atom. The van der Waals surface area contributed by atoms with Crippen molar-refractivity contribution in [2.24, 2.45) is 0 Å². The molecule has 0 spiro atoms. The van der Waals surface area contributed by atoms with Crippen molar-refractivity contribution in [2.75, 3.05) is 12.4 Å². The minimum absolute atomic E-state index is 0.237. The SMILES string of the molecule is COc1ccccc1CSc1nc2ccc(NC(=O)c3cc(C)[nH]n3)cc2s1. The number of ether oxygens (including phenoxy) is 1. The number of carbonyl (C=O) groups is 1. The van der Waals surface area contributed by atoms with Crippen LogP contribution in [0.5, 0.6) is 5.75 Å². The van der Waals surface area contributed by atoms with Crippen LogP contribution < -0.4 is 10.1 Å². The van der Waals surface area contributed by atoms with Gasteiger partial charge in [0.2, 0.25) is 0 Å². The van der Waals surface area contributed by atoms with Crippen molar-refractivity contribution in [1.82, 2.24) is 15.2 Å². The molecule has 2 aromatic heterocycles. The molecule has 8 heteroatoms. The molecule has 0 saturated heterocycles. The van der Waals surface area contributed by atoms with Gasteiger partial charge in [-0.2, -0.15) is 5.10 Å². The van der Waals surface area contributed by atoms with Gasteiger partial charge in [-0.1, -0.05) is 30.0 Å². The van der Waals surface area contributed by atoms with Crippen molar-refractivity contribution in [2.45, 2.75) is 17.0 Å². The van der Waals surface area contributed by atoms with E-state index in [1.54, 1.807) is 36.3 Å². The first kappa shape index (κ1) is 18.5. The van der Waals surface area contributed by atoms with Crippen LogP contribution in [0.15, 0.2) is 52.9 Å². The lowest BCUT2D eigenvalue weighted by atomic mass is 10.2. The van der Waals surface area contributed by atoms with E-state index in [1.807, 2.05) is 43.3 Å². The van der Waals surface area contributed by atoms with E-state index in [9.17, 15) is 4.79 Å². The summed E-state index contributed by atoms with van der Waals surface area (Å²) in [5.41, 5.74) is 4.00. The fourth-order valence-corrected chi connectivity index (χ4v) is 4.83. The van der Waals surface area contributed by atoms with E-state index in [4.69, 9.17) is 4.74 Å². The Hall–Kier alpha value is -2.84. The summed E-state index contributed by atoms with van der Waals surface area (Å²) in [5.74, 6) is 1.43. The lowest BCUT2D eigenvalue weighted by molar-refractivity contribution is 0.102. The highest BCUT2D eigenvalue weighted by Crippen LogP contribution is 2.34. The zero-order chi connectivity index (χ0) is 19.5. The monoisotopic (exact) mass is 410 g/mol. The molecule has 1 amide bonds. The van der Waals surface area contributed by atoms with Crippen LogP contribution in [-0.4, -0.2) is 28.2 Å². The van der Waals surface area contributed by atoms with Gasteiger partial charge in [0, 0.05) is 22.7 Å². The highest BCUT2D eigenvalue weighted by atomic mass is 32.2. The van der Waals surface area contributed by atoms with Crippen LogP contribution in [0.3, 0.4) is 0 Å². The number of aromatic amines is 1. The number of amides is 1. The molecule has 0 bridgehead atoms. The van der Waals surface area contributed by atoms with Gasteiger partial charge in [-0.3, -0.25) is 9.89 Å². The zero-order valence-corrected chi connectivity index (χ0v) is 17.0. The molecule has 0 saturated carbocycles. The number of thioether (sulfide) groups is 1. The molecule has 142 valence electrons. The minimum atomic E-state index is -0.237. The Labute approximate surface area is 170 Å². The van der Waals surface area contributed by atoms with Gasteiger partial charge in [0.15, 0.2) is 10.0 Å². The van der Waals surface area contributed by atoms with Gasteiger partial charge >= 0.3 is 0 Å². The number of methoxy groups -OCH3 is 1. The Morgan fingerprint density at radius 2 is 2.11 bits per heavy atom. The summed E-state index contributed by atoms with van der Waals surface area (Å²) in [7, 11) is 1.68. The fourth-order valence-electron chi connectivity index (χ4n) is 2.73. The van der Waals surface area contributed by atoms with E-state index in [1.165, 1.54) is 0 Å². The fraction of sp³-hybridized carbons (Fsp3) is 0.150. The van der Waals surface area contributed by atoms with Gasteiger partial charge in [-0.25, -0.2) is 4.98 Å². The van der Waals surface area contributed by atoms with Gasteiger partial charge in [0.25, 0.3) is 5.91 Å². The van der Waals surface area contributed by atoms with E-state index >= 15 is 0 Å². The summed E-state index contributed by atoms with van der Waals surface area (Å²) < 4.78 is 7.41. The predicted octanol–water partition coefficient (Wildman–Crippen LogP) is 4.88. The molecule has 6 nitrogen and oxygen atoms in total. The van der Waals surface area contributed by atoms with Crippen molar-refractivity contribution in [3.05, 3.63) is 65.5 Å². The average Bonchev–Trinajstić information content (AvgIpc) is 3.32. The number of aromatic nitrogens is 3. The van der Waals surface area contributed by atoms with Crippen molar-refractivity contribution in [3.63, 3.8) is 0 Å². The second-order valence-corrected chi connectivity index (χ2v) is 8.41. The van der Waals surface area contributed by atoms with E-state index in [2.05, 4.69) is 26.6 Å². The Bertz CT molecular complexity index is 1140. The Balaban J connectivity index is 1.48. The third-order valence-electron chi connectivity index (χ3n) is 4.11. The number of H-pyrrole nitrogens is 1. The molecule has 0 aliphatic heterocycles. The average molecular weight is 411 g/mol. The number of carbonyl (C=O) groups excluding carboxylic acids is 1. The van der Waals surface area contributed by atoms with Crippen LogP contribution in [0, 0.1) is 6.92 Å². The van der Waals surface area contributed by atoms with Crippen LogP contribution in [0.2, 0.25) is 0 Å². The molecular weight excluding hydrogens is 392 g/mol. The van der Waals surface area contributed by atoms with Crippen molar-refractivity contribution in [3.8, 4) is 5.75 Å². The summed E-state index contributed by atoms with van der Waals surface area (Å²) in [6.07, 6.45) is 0. The third kappa shape index (κ3) is 4.02. The number of aryl methyl sites for hydroxylation is 1. The van der Waals surface area contributed by atoms with E-state index < -0.39 is 0 Å². The second-order valence-electron chi connectivity index (χ2n) is 6.15. The maximum Gasteiger partial charge on any atom is 0.276 e. The largest absolute Gasteiger partial charge is 0.496 e. The number of rotatable bonds is 6. The second kappa shape index (κ2) is 8.04. The summed E-state index contributed by atoms with van der Waals surface area (Å²) in [6.45, 7) is 1.86. The molecule has 4 rings (SSSR count). The molecule has 2 aromatic carbocycles. The number of fused-ring (bicyclic) bond motifs is 1. The van der Waals surface area contributed by atoms with Crippen molar-refractivity contribution >= 4 is 44.9 Å². The van der Waals surface area contributed by atoms with Gasteiger partial charge < -0.3 is 10.1 Å². The van der Waals surface area contributed by atoms with Crippen molar-refractivity contribution < 1.29 is 9.53 Å². The van der Waals surface area contributed by atoms with Crippen LogP contribution >= 0.6 is 23.1 Å². The molecule has 0 radical (unpaired) electrons. The Morgan fingerprint density at radius 3 is 2.89 bits per heavy atom. The van der Waals surface area contributed by atoms with Crippen LogP contribution in [-0.2, 0) is 5.75 Å². The lowest BCUT2D eigenvalue weighted by Gasteiger charge is -2.06. The van der Waals surface area contributed by atoms with Gasteiger partial charge in [0.1, 0.15) is 5.75 Å². The molecule has 2 N–H and O–H groups in total. The predicted molar refractivity (Wildman–Crippen MR) is 113 cm³/mol. The number of nitrogens with one attached hydrogen (secondary N) is 2. The molecule has 4 aromatic rings. The molecular formula is C20H18N4O2S2. The first-order valence-corrected chi connectivity index (χ1v) is 10.4. The number of anilines is 1. The van der Waals surface area contributed by atoms with E-state index in [0.29, 0.717) is 5.69 Å². The molecule has 28 heavy (non-hydrogen) atoms. The van der Waals surface area contributed by atoms with Gasteiger partial charge in [-0.15, -0.1) is 11.3 Å². The smallest absolute Gasteiger partial charge is 0.276 e. The number of nitrogens with zero attached hydrogens (tertiary/aromatic N) is 2. The highest BCUT2D eigenvalue weighted by molar-refractivity contribution is 8.00. The Kier molecular flexibility index (Phi) is 5.31. The van der Waals surface area contributed by atoms with Gasteiger partial charge in [0.05, 0.1) is 17.3 Å². The molecule has 2 heterocycles. The summed E-state index contributed by atoms with van der Waals surface area (Å²) in [5, 5.41) is 9.64. The van der Waals surface area contributed by atoms with E-state index in [-0.39, 0.29) is 5.91 Å². The number of hydrogen-bond acceptors (Lipinski definition) is 6. The molecule has 0 atom stereocenters. The van der Waals surface area contributed by atoms with Crippen LogP contribution in [0.1, 0.15) is 21.7 Å². The standard InChI is InChI=1S/C20H18N4O2S2/c1-12-9-16(24-23-12)19(25)21-14-7-8-15-18(10-14)28-20(22-15)27-11-13-5-3-4-6-17(13)26-2/h3-10H,11H2,1-2H3,(H,21,25)(H,23,24). The number of hydrogen-bond donors (Lipinski definition) is 2. The van der Waals surface area contributed by atoms with Gasteiger partial charge in [-0.05, 0) is 37.3 Å². The first-order valence-electron chi connectivity index (χ1n) is 8.61. The zero-order valence-electron chi connectivity index (χ0n) is 15.4. The molecule has 0 unspecified atom stereocenters. The van der Waals surface area contributed by atoms with E-state index in [0.717, 1.165) is 43.0 Å². The maximum absolute atomic E-state index is 12.3.